The number of aromatic nitrogens is 1. The number of ether oxygens (including phenoxy) is 2. The molecule has 6 heteroatoms. The molecule has 1 aromatic heterocycles. The van der Waals surface area contributed by atoms with Gasteiger partial charge < -0.3 is 9.47 Å². The van der Waals surface area contributed by atoms with Crippen LogP contribution in [0.2, 0.25) is 0 Å². The maximum Gasteiger partial charge on any atom is 0.335 e. The highest BCUT2D eigenvalue weighted by molar-refractivity contribution is 5.80. The highest BCUT2D eigenvalue weighted by atomic mass is 19.1. The molecule has 0 aliphatic carbocycles. The predicted octanol–water partition coefficient (Wildman–Crippen LogP) is 1.25. The molecule has 0 amide bonds. The van der Waals surface area contributed by atoms with Crippen LogP contribution in [0.3, 0.4) is 0 Å². The molecule has 0 fully saturated rings. The Balaban J connectivity index is 2.15. The van der Waals surface area contributed by atoms with Gasteiger partial charge >= 0.3 is 5.97 Å². The number of hydrogen-bond donors (Lipinski definition) is 0. The van der Waals surface area contributed by atoms with Crippen LogP contribution in [0.1, 0.15) is 18.6 Å². The highest BCUT2D eigenvalue weighted by Gasteiger charge is 2.35. The Bertz CT molecular complexity index is 433. The maximum absolute atomic E-state index is 12.7. The molecule has 2 atom stereocenters. The monoisotopic (exact) mass is 238 g/mol. The minimum atomic E-state index is -0.748. The van der Waals surface area contributed by atoms with Gasteiger partial charge in [-0.1, -0.05) is 0 Å². The van der Waals surface area contributed by atoms with Crippen LogP contribution in [0.4, 0.5) is 4.39 Å². The summed E-state index contributed by atoms with van der Waals surface area (Å²) in [6, 6.07) is 1.97. The van der Waals surface area contributed by atoms with Crippen molar-refractivity contribution in [3.63, 3.8) is 0 Å². The van der Waals surface area contributed by atoms with E-state index < -0.39 is 24.1 Å². The van der Waals surface area contributed by atoms with Gasteiger partial charge in [-0.2, -0.15) is 4.39 Å². The van der Waals surface area contributed by atoms with Crippen molar-refractivity contribution in [3.8, 4) is 0 Å². The molecule has 0 aromatic carbocycles. The molecule has 5 nitrogen and oxygen atoms in total. The zero-order chi connectivity index (χ0) is 12.3. The summed E-state index contributed by atoms with van der Waals surface area (Å²) in [5.74, 6) is -1.05. The molecule has 0 saturated heterocycles. The van der Waals surface area contributed by atoms with Crippen molar-refractivity contribution in [2.24, 2.45) is 4.99 Å². The Morgan fingerprint density at radius 2 is 2.41 bits per heavy atom. The zero-order valence-electron chi connectivity index (χ0n) is 9.17. The minimum absolute atomic E-state index is 0.277. The first-order valence-electron chi connectivity index (χ1n) is 5.17. The van der Waals surface area contributed by atoms with Crippen LogP contribution in [0.25, 0.3) is 0 Å². The minimum Gasteiger partial charge on any atom is -0.473 e. The summed E-state index contributed by atoms with van der Waals surface area (Å²) >= 11 is 0. The van der Waals surface area contributed by atoms with Gasteiger partial charge in [0.25, 0.3) is 0 Å². The normalized spacial score (nSPS) is 22.2. The third-order valence-corrected chi connectivity index (χ3v) is 2.32. The molecule has 0 spiro atoms. The van der Waals surface area contributed by atoms with E-state index in [-0.39, 0.29) is 6.61 Å². The summed E-state index contributed by atoms with van der Waals surface area (Å²) in [5.41, 5.74) is 0.585. The van der Waals surface area contributed by atoms with Gasteiger partial charge in [0.2, 0.25) is 5.95 Å². The van der Waals surface area contributed by atoms with E-state index in [1.54, 1.807) is 6.92 Å². The Labute approximate surface area is 97.3 Å². The van der Waals surface area contributed by atoms with Gasteiger partial charge in [-0.15, -0.1) is 0 Å². The van der Waals surface area contributed by atoms with Crippen LogP contribution in [-0.2, 0) is 14.3 Å². The standard InChI is InChI=1S/C11H11FN2O3/c1-2-16-11(15)9-10(17-6-14-9)7-3-4-8(12)13-5-7/h3-6,9-10H,2H2,1H3. The number of aliphatic imine (C=N–C) groups is 1. The van der Waals surface area contributed by atoms with Crippen molar-refractivity contribution in [2.75, 3.05) is 6.61 Å². The van der Waals surface area contributed by atoms with Crippen molar-refractivity contribution < 1.29 is 18.7 Å². The molecular weight excluding hydrogens is 227 g/mol. The smallest absolute Gasteiger partial charge is 0.335 e. The van der Waals surface area contributed by atoms with Crippen LogP contribution in [0.15, 0.2) is 23.3 Å². The Hall–Kier alpha value is -1.98. The number of nitrogens with zero attached hydrogens (tertiary/aromatic N) is 2. The molecule has 0 radical (unpaired) electrons. The fraction of sp³-hybridized carbons (Fsp3) is 0.364. The number of carbonyl (C=O) groups excluding carboxylic acids is 1. The average molecular weight is 238 g/mol. The first-order chi connectivity index (χ1) is 8.22. The maximum atomic E-state index is 12.7. The summed E-state index contributed by atoms with van der Waals surface area (Å²) in [7, 11) is 0. The topological polar surface area (TPSA) is 60.8 Å². The summed E-state index contributed by atoms with van der Waals surface area (Å²) < 4.78 is 22.8. The lowest BCUT2D eigenvalue weighted by Gasteiger charge is -2.15. The van der Waals surface area contributed by atoms with Crippen LogP contribution in [0, 0.1) is 5.95 Å². The number of esters is 1. The summed E-state index contributed by atoms with van der Waals surface area (Å²) in [6.07, 6.45) is 1.93. The average Bonchev–Trinajstić information content (AvgIpc) is 2.79. The number of carbonyl (C=O) groups is 1. The second-order valence-corrected chi connectivity index (χ2v) is 3.42. The fourth-order valence-electron chi connectivity index (χ4n) is 1.55. The van der Waals surface area contributed by atoms with Crippen LogP contribution in [-0.4, -0.2) is 30.0 Å². The van der Waals surface area contributed by atoms with Gasteiger partial charge in [0.1, 0.15) is 0 Å². The lowest BCUT2D eigenvalue weighted by molar-refractivity contribution is -0.146. The van der Waals surface area contributed by atoms with E-state index in [1.807, 2.05) is 0 Å². The third kappa shape index (κ3) is 2.41. The first kappa shape index (κ1) is 11.5. The summed E-state index contributed by atoms with van der Waals surface area (Å²) in [4.78, 5) is 19.0. The van der Waals surface area contributed by atoms with Gasteiger partial charge in [0.05, 0.1) is 6.61 Å². The number of halogens is 1. The molecule has 2 heterocycles. The molecule has 1 aliphatic rings. The second kappa shape index (κ2) is 4.90. The van der Waals surface area contributed by atoms with E-state index >= 15 is 0 Å². The van der Waals surface area contributed by atoms with E-state index in [0.29, 0.717) is 5.56 Å². The molecule has 1 aliphatic heterocycles. The predicted molar refractivity (Wildman–Crippen MR) is 56.9 cm³/mol. The molecule has 0 N–H and O–H groups in total. The molecule has 0 bridgehead atoms. The quantitative estimate of drug-likeness (QED) is 0.587. The van der Waals surface area contributed by atoms with E-state index in [2.05, 4.69) is 9.98 Å². The molecule has 17 heavy (non-hydrogen) atoms. The van der Waals surface area contributed by atoms with E-state index in [0.717, 1.165) is 0 Å². The van der Waals surface area contributed by atoms with Crippen LogP contribution >= 0.6 is 0 Å². The Morgan fingerprint density at radius 3 is 3.06 bits per heavy atom. The number of hydrogen-bond acceptors (Lipinski definition) is 5. The summed E-state index contributed by atoms with van der Waals surface area (Å²) in [5, 5.41) is 0. The van der Waals surface area contributed by atoms with E-state index in [9.17, 15) is 9.18 Å². The van der Waals surface area contributed by atoms with E-state index in [1.165, 1.54) is 24.7 Å². The Kier molecular flexibility index (Phi) is 3.32. The lowest BCUT2D eigenvalue weighted by atomic mass is 10.1. The molecular formula is C11H11FN2O3. The van der Waals surface area contributed by atoms with Gasteiger partial charge in [-0.3, -0.25) is 0 Å². The number of pyridine rings is 1. The summed E-state index contributed by atoms with van der Waals surface area (Å²) in [6.45, 7) is 1.99. The van der Waals surface area contributed by atoms with Gasteiger partial charge in [0.15, 0.2) is 18.5 Å². The largest absolute Gasteiger partial charge is 0.473 e. The molecule has 1 aromatic rings. The van der Waals surface area contributed by atoms with Crippen molar-refractivity contribution >= 4 is 12.4 Å². The first-order valence-corrected chi connectivity index (χ1v) is 5.17. The van der Waals surface area contributed by atoms with Crippen LogP contribution in [0.5, 0.6) is 0 Å². The van der Waals surface area contributed by atoms with Crippen molar-refractivity contribution in [3.05, 3.63) is 29.8 Å². The van der Waals surface area contributed by atoms with Gasteiger partial charge in [0, 0.05) is 11.8 Å². The van der Waals surface area contributed by atoms with Crippen molar-refractivity contribution in [1.82, 2.24) is 4.98 Å². The van der Waals surface area contributed by atoms with Gasteiger partial charge in [-0.05, 0) is 19.1 Å². The van der Waals surface area contributed by atoms with Gasteiger partial charge in [-0.25, -0.2) is 14.8 Å². The molecule has 0 saturated carbocycles. The van der Waals surface area contributed by atoms with Crippen molar-refractivity contribution in [1.29, 1.82) is 0 Å². The van der Waals surface area contributed by atoms with Crippen molar-refractivity contribution in [2.45, 2.75) is 19.1 Å². The fourth-order valence-corrected chi connectivity index (χ4v) is 1.55. The Morgan fingerprint density at radius 1 is 1.59 bits per heavy atom. The number of rotatable bonds is 3. The third-order valence-electron chi connectivity index (χ3n) is 2.32. The second-order valence-electron chi connectivity index (χ2n) is 3.42. The van der Waals surface area contributed by atoms with Crippen LogP contribution < -0.4 is 0 Å². The SMILES string of the molecule is CCOC(=O)C1N=COC1c1ccc(F)nc1. The highest BCUT2D eigenvalue weighted by Crippen LogP contribution is 2.27. The molecule has 2 unspecified atom stereocenters. The lowest BCUT2D eigenvalue weighted by Crippen LogP contribution is -2.26. The molecule has 90 valence electrons. The zero-order valence-corrected chi connectivity index (χ0v) is 9.17. The van der Waals surface area contributed by atoms with E-state index in [4.69, 9.17) is 9.47 Å². The molecule has 2 rings (SSSR count).